The van der Waals surface area contributed by atoms with Gasteiger partial charge in [-0.15, -0.1) is 11.6 Å². The van der Waals surface area contributed by atoms with E-state index in [1.165, 1.54) is 5.56 Å². The molecular formula is C7H10ClF3. The maximum absolute atomic E-state index is 5.53. The van der Waals surface area contributed by atoms with Crippen molar-refractivity contribution in [1.82, 2.24) is 0 Å². The second-order valence-electron chi connectivity index (χ2n) is 1.62. The molecule has 0 unspecified atom stereocenters. The molecule has 0 saturated heterocycles. The summed E-state index contributed by atoms with van der Waals surface area (Å²) in [6.07, 6.45) is 0. The Hall–Kier alpha value is -0.700. The van der Waals surface area contributed by atoms with Gasteiger partial charge in [0.05, 0.1) is 0 Å². The van der Waals surface area contributed by atoms with Gasteiger partial charge in [-0.05, 0) is 5.56 Å². The zero-order valence-corrected chi connectivity index (χ0v) is 6.45. The molecule has 0 aliphatic heterocycles. The Labute approximate surface area is 68.3 Å². The Kier molecular flexibility index (Phi) is 14.1. The molecule has 1 aromatic rings. The number of alkyl halides is 1. The second-order valence-corrected chi connectivity index (χ2v) is 1.89. The van der Waals surface area contributed by atoms with Gasteiger partial charge in [-0.1, -0.05) is 30.3 Å². The van der Waals surface area contributed by atoms with Crippen molar-refractivity contribution in [1.29, 1.82) is 0 Å². The number of hydrogen-bond donors (Lipinski definition) is 0. The van der Waals surface area contributed by atoms with Crippen LogP contribution in [0.4, 0.5) is 14.1 Å². The van der Waals surface area contributed by atoms with Gasteiger partial charge < -0.3 is 0 Å². The molecule has 0 fully saturated rings. The Balaban J connectivity index is -0.000000213. The van der Waals surface area contributed by atoms with Gasteiger partial charge in [0.15, 0.2) is 0 Å². The molecule has 1 aromatic carbocycles. The normalized spacial score (nSPS) is 6.64. The van der Waals surface area contributed by atoms with E-state index in [-0.39, 0.29) is 14.1 Å². The van der Waals surface area contributed by atoms with Crippen LogP contribution in [-0.4, -0.2) is 0 Å². The third-order valence-electron chi connectivity index (χ3n) is 0.997. The predicted octanol–water partition coefficient (Wildman–Crippen LogP) is 2.88. The molecule has 0 aromatic heterocycles. The molecule has 0 radical (unpaired) electrons. The van der Waals surface area contributed by atoms with E-state index < -0.39 is 0 Å². The van der Waals surface area contributed by atoms with Crippen molar-refractivity contribution in [3.05, 3.63) is 35.9 Å². The first-order valence-electron chi connectivity index (χ1n) is 2.53. The van der Waals surface area contributed by atoms with Crippen LogP contribution in [0.1, 0.15) is 5.56 Å². The first-order chi connectivity index (χ1) is 3.93. The summed E-state index contributed by atoms with van der Waals surface area (Å²) in [5.41, 5.74) is 1.18. The van der Waals surface area contributed by atoms with Crippen LogP contribution in [0.2, 0.25) is 0 Å². The van der Waals surface area contributed by atoms with Crippen LogP contribution >= 0.6 is 11.6 Å². The van der Waals surface area contributed by atoms with Crippen LogP contribution in [-0.2, 0) is 5.88 Å². The molecule has 0 N–H and O–H groups in total. The van der Waals surface area contributed by atoms with Gasteiger partial charge in [-0.3, -0.25) is 14.1 Å². The quantitative estimate of drug-likeness (QED) is 0.592. The Bertz CT molecular complexity index is 155. The summed E-state index contributed by atoms with van der Waals surface area (Å²) >= 11 is 5.53. The number of hydrogen-bond acceptors (Lipinski definition) is 0. The lowest BCUT2D eigenvalue weighted by Crippen LogP contribution is -1.71. The van der Waals surface area contributed by atoms with E-state index in [4.69, 9.17) is 11.6 Å². The summed E-state index contributed by atoms with van der Waals surface area (Å²) in [6.45, 7) is 0. The average Bonchev–Trinajstić information content (AvgIpc) is 1.90. The third-order valence-corrected chi connectivity index (χ3v) is 1.31. The van der Waals surface area contributed by atoms with Crippen LogP contribution in [0.15, 0.2) is 30.3 Å². The number of benzene rings is 1. The lowest BCUT2D eigenvalue weighted by atomic mass is 10.2. The van der Waals surface area contributed by atoms with Crippen LogP contribution < -0.4 is 0 Å². The largest absolute Gasteiger partial charge is 0.269 e. The number of halogens is 4. The van der Waals surface area contributed by atoms with E-state index in [9.17, 15) is 0 Å². The van der Waals surface area contributed by atoms with Crippen molar-refractivity contribution < 1.29 is 14.1 Å². The summed E-state index contributed by atoms with van der Waals surface area (Å²) < 4.78 is 0. The molecule has 66 valence electrons. The van der Waals surface area contributed by atoms with Gasteiger partial charge in [-0.2, -0.15) is 0 Å². The Morgan fingerprint density at radius 1 is 0.909 bits per heavy atom. The minimum atomic E-state index is 0. The topological polar surface area (TPSA) is 0 Å². The summed E-state index contributed by atoms with van der Waals surface area (Å²) in [6, 6.07) is 9.96. The van der Waals surface area contributed by atoms with Crippen molar-refractivity contribution in [2.45, 2.75) is 5.88 Å². The van der Waals surface area contributed by atoms with E-state index in [1.54, 1.807) is 0 Å². The molecule has 4 heteroatoms. The SMILES string of the molecule is ClCc1ccccc1.F.F.F. The van der Waals surface area contributed by atoms with Crippen LogP contribution in [0.5, 0.6) is 0 Å². The van der Waals surface area contributed by atoms with Gasteiger partial charge >= 0.3 is 0 Å². The first-order valence-corrected chi connectivity index (χ1v) is 3.07. The van der Waals surface area contributed by atoms with E-state index in [1.807, 2.05) is 30.3 Å². The fourth-order valence-corrected chi connectivity index (χ4v) is 0.745. The summed E-state index contributed by atoms with van der Waals surface area (Å²) in [5, 5.41) is 0. The summed E-state index contributed by atoms with van der Waals surface area (Å²) in [4.78, 5) is 0. The van der Waals surface area contributed by atoms with Crippen LogP contribution in [0.3, 0.4) is 0 Å². The maximum Gasteiger partial charge on any atom is 0.0474 e. The van der Waals surface area contributed by atoms with E-state index in [0.717, 1.165) is 0 Å². The van der Waals surface area contributed by atoms with Gasteiger partial charge in [0.2, 0.25) is 0 Å². The summed E-state index contributed by atoms with van der Waals surface area (Å²) in [7, 11) is 0. The highest BCUT2D eigenvalue weighted by Crippen LogP contribution is 2.00. The lowest BCUT2D eigenvalue weighted by molar-refractivity contribution is 1.11. The highest BCUT2D eigenvalue weighted by molar-refractivity contribution is 6.17. The second kappa shape index (κ2) is 9.30. The van der Waals surface area contributed by atoms with Crippen LogP contribution in [0.25, 0.3) is 0 Å². The standard InChI is InChI=1S/C7H7Cl.3FH/c8-6-7-4-2-1-3-5-7;;;/h1-5H,6H2;3*1H. The molecule has 0 nitrogen and oxygen atoms in total. The van der Waals surface area contributed by atoms with Gasteiger partial charge in [0.25, 0.3) is 0 Å². The van der Waals surface area contributed by atoms with E-state index in [0.29, 0.717) is 5.88 Å². The molecule has 1 rings (SSSR count). The van der Waals surface area contributed by atoms with E-state index >= 15 is 0 Å². The highest BCUT2D eigenvalue weighted by Gasteiger charge is 1.81. The van der Waals surface area contributed by atoms with Crippen molar-refractivity contribution in [2.24, 2.45) is 0 Å². The van der Waals surface area contributed by atoms with E-state index in [2.05, 4.69) is 0 Å². The highest BCUT2D eigenvalue weighted by atomic mass is 35.5. The third kappa shape index (κ3) is 5.73. The molecule has 0 spiro atoms. The fourth-order valence-electron chi connectivity index (χ4n) is 0.567. The zero-order chi connectivity index (χ0) is 5.82. The predicted molar refractivity (Wildman–Crippen MR) is 43.5 cm³/mol. The fraction of sp³-hybridized carbons (Fsp3) is 0.143. The van der Waals surface area contributed by atoms with Gasteiger partial charge in [0.1, 0.15) is 0 Å². The minimum absolute atomic E-state index is 0. The lowest BCUT2D eigenvalue weighted by Gasteiger charge is -1.88. The maximum atomic E-state index is 5.53. The first kappa shape index (κ1) is 16.7. The Morgan fingerprint density at radius 2 is 1.36 bits per heavy atom. The smallest absolute Gasteiger partial charge is 0.0474 e. The molecule has 0 bridgehead atoms. The van der Waals surface area contributed by atoms with Crippen molar-refractivity contribution in [2.75, 3.05) is 0 Å². The molecule has 0 saturated carbocycles. The Morgan fingerprint density at radius 3 is 1.64 bits per heavy atom. The molecular weight excluding hydrogens is 177 g/mol. The molecule has 0 heterocycles. The molecule has 11 heavy (non-hydrogen) atoms. The molecule has 0 aliphatic carbocycles. The summed E-state index contributed by atoms with van der Waals surface area (Å²) in [5.74, 6) is 0.612. The van der Waals surface area contributed by atoms with Crippen molar-refractivity contribution in [3.63, 3.8) is 0 Å². The zero-order valence-electron chi connectivity index (χ0n) is 5.70. The molecule has 0 amide bonds. The monoisotopic (exact) mass is 186 g/mol. The van der Waals surface area contributed by atoms with Gasteiger partial charge in [0, 0.05) is 5.88 Å². The van der Waals surface area contributed by atoms with Crippen molar-refractivity contribution >= 4 is 11.6 Å². The minimum Gasteiger partial charge on any atom is -0.269 e. The number of rotatable bonds is 1. The van der Waals surface area contributed by atoms with Gasteiger partial charge in [-0.25, -0.2) is 0 Å². The molecule has 0 aliphatic rings. The molecule has 0 atom stereocenters. The average molecular weight is 187 g/mol. The van der Waals surface area contributed by atoms with Crippen molar-refractivity contribution in [3.8, 4) is 0 Å². The van der Waals surface area contributed by atoms with Crippen LogP contribution in [0, 0.1) is 0 Å².